The van der Waals surface area contributed by atoms with E-state index in [0.717, 1.165) is 6.42 Å². The van der Waals surface area contributed by atoms with Crippen LogP contribution in [0.3, 0.4) is 0 Å². The largest absolute Gasteiger partial charge is 0.507 e. The van der Waals surface area contributed by atoms with Crippen LogP contribution >= 0.6 is 0 Å². The molecule has 0 saturated heterocycles. The third-order valence-corrected chi connectivity index (χ3v) is 2.95. The lowest BCUT2D eigenvalue weighted by Gasteiger charge is -2.00. The van der Waals surface area contributed by atoms with Gasteiger partial charge in [0.2, 0.25) is 0 Å². The lowest BCUT2D eigenvalue weighted by atomic mass is 10.1. The van der Waals surface area contributed by atoms with E-state index in [1.54, 1.807) is 13.8 Å². The maximum absolute atomic E-state index is 9.97. The van der Waals surface area contributed by atoms with Crippen LogP contribution in [0.15, 0.2) is 60.7 Å². The number of carbonyl (C=O) groups is 2. The van der Waals surface area contributed by atoms with E-state index in [9.17, 15) is 9.59 Å². The van der Waals surface area contributed by atoms with Gasteiger partial charge in [0.05, 0.1) is 27.4 Å². The monoisotopic (exact) mass is 436 g/mol. The summed E-state index contributed by atoms with van der Waals surface area (Å²) < 4.78 is 16.9. The molecule has 0 unspecified atom stereocenters. The van der Waals surface area contributed by atoms with Gasteiger partial charge < -0.3 is 18.9 Å². The summed E-state index contributed by atoms with van der Waals surface area (Å²) in [5.41, 5.74) is 2.74. The second-order valence-electron chi connectivity index (χ2n) is 4.92. The molecular formula is C25H40O6. The summed E-state index contributed by atoms with van der Waals surface area (Å²) in [6.07, 6.45) is -0.216. The third-order valence-electron chi connectivity index (χ3n) is 2.95. The van der Waals surface area contributed by atoms with E-state index in [1.807, 2.05) is 27.7 Å². The van der Waals surface area contributed by atoms with Crippen LogP contribution < -0.4 is 0 Å². The van der Waals surface area contributed by atoms with Crippen molar-refractivity contribution >= 4 is 12.3 Å². The first-order valence-electron chi connectivity index (χ1n) is 10.6. The normalized spacial score (nSPS) is 8.00. The molecule has 0 N–H and O–H groups in total. The predicted octanol–water partition coefficient (Wildman–Crippen LogP) is 6.91. The van der Waals surface area contributed by atoms with Crippen molar-refractivity contribution in [2.24, 2.45) is 0 Å². The maximum Gasteiger partial charge on any atom is 0.507 e. The summed E-state index contributed by atoms with van der Waals surface area (Å²) in [5.74, 6) is 0. The quantitative estimate of drug-likeness (QED) is 0.485. The molecule has 0 atom stereocenters. The van der Waals surface area contributed by atoms with Crippen LogP contribution in [0.25, 0.3) is 0 Å². The molecule has 2 aromatic rings. The minimum absolute atomic E-state index is 0.368. The summed E-state index contributed by atoms with van der Waals surface area (Å²) in [4.78, 5) is 19.9. The fourth-order valence-corrected chi connectivity index (χ4v) is 1.78. The summed E-state index contributed by atoms with van der Waals surface area (Å²) in [6, 6.07) is 21.1. The Kier molecular flexibility index (Phi) is 28.4. The first-order chi connectivity index (χ1) is 15.1. The van der Waals surface area contributed by atoms with Crippen molar-refractivity contribution in [3.8, 4) is 0 Å². The number of hydrogen-bond donors (Lipinski definition) is 0. The summed E-state index contributed by atoms with van der Waals surface area (Å²) in [6.45, 7) is 12.2. The molecule has 6 nitrogen and oxygen atoms in total. The van der Waals surface area contributed by atoms with Gasteiger partial charge >= 0.3 is 12.3 Å². The van der Waals surface area contributed by atoms with E-state index >= 15 is 0 Å². The second-order valence-corrected chi connectivity index (χ2v) is 4.92. The van der Waals surface area contributed by atoms with E-state index in [1.165, 1.54) is 25.3 Å². The van der Waals surface area contributed by atoms with Gasteiger partial charge in [-0.25, -0.2) is 9.59 Å². The summed E-state index contributed by atoms with van der Waals surface area (Å²) in [7, 11) is 2.55. The molecule has 0 radical (unpaired) electrons. The first-order valence-corrected chi connectivity index (χ1v) is 10.6. The number of methoxy groups -OCH3 is 2. The smallest absolute Gasteiger partial charge is 0.438 e. The molecule has 0 spiro atoms. The molecule has 0 aliphatic heterocycles. The minimum atomic E-state index is -0.623. The number of hydrogen-bond acceptors (Lipinski definition) is 6. The van der Waals surface area contributed by atoms with E-state index in [2.05, 4.69) is 79.6 Å². The molecule has 0 saturated carbocycles. The lowest BCUT2D eigenvalue weighted by Crippen LogP contribution is -2.02. The lowest BCUT2D eigenvalue weighted by molar-refractivity contribution is 0.0761. The standard InChI is InChI=1S/C13H12.2C4H8O3.2C2H6/c1-3-7-12(8-4-1)11-13-9-5-2-6-10-13;2*1-3-7-4(5)6-2;2*1-2/h1-10H,11H2;2*3H2,1-2H3;2*1-2H3. The van der Waals surface area contributed by atoms with Crippen molar-refractivity contribution in [2.45, 2.75) is 48.0 Å². The molecule has 0 aromatic heterocycles. The molecule has 2 rings (SSSR count). The van der Waals surface area contributed by atoms with Crippen LogP contribution in [-0.2, 0) is 25.4 Å². The average molecular weight is 437 g/mol. The minimum Gasteiger partial charge on any atom is -0.438 e. The third kappa shape index (κ3) is 23.1. The van der Waals surface area contributed by atoms with Crippen molar-refractivity contribution in [1.82, 2.24) is 0 Å². The van der Waals surface area contributed by atoms with E-state index in [-0.39, 0.29) is 0 Å². The zero-order valence-electron chi connectivity index (χ0n) is 20.3. The van der Waals surface area contributed by atoms with Gasteiger partial charge in [0, 0.05) is 0 Å². The van der Waals surface area contributed by atoms with Crippen LogP contribution in [0, 0.1) is 0 Å². The molecule has 6 heteroatoms. The zero-order valence-corrected chi connectivity index (χ0v) is 20.3. The second kappa shape index (κ2) is 27.0. The Hall–Kier alpha value is -3.02. The topological polar surface area (TPSA) is 71.1 Å². The predicted molar refractivity (Wildman–Crippen MR) is 126 cm³/mol. The number of benzene rings is 2. The fourth-order valence-electron chi connectivity index (χ4n) is 1.78. The van der Waals surface area contributed by atoms with Crippen LogP contribution in [0.5, 0.6) is 0 Å². The Morgan fingerprint density at radius 3 is 1.10 bits per heavy atom. The SMILES string of the molecule is CC.CC.CCOC(=O)OC.CCOC(=O)OC.c1ccc(Cc2ccccc2)cc1. The fraction of sp³-hybridized carbons (Fsp3) is 0.440. The Bertz CT molecular complexity index is 559. The van der Waals surface area contributed by atoms with Crippen molar-refractivity contribution in [3.63, 3.8) is 0 Å². The Balaban J connectivity index is -0.000000377. The van der Waals surface area contributed by atoms with Crippen LogP contribution in [-0.4, -0.2) is 39.7 Å². The maximum atomic E-state index is 9.97. The molecular weight excluding hydrogens is 396 g/mol. The summed E-state index contributed by atoms with van der Waals surface area (Å²) >= 11 is 0. The highest BCUT2D eigenvalue weighted by Crippen LogP contribution is 2.07. The zero-order chi connectivity index (χ0) is 24.3. The molecule has 0 bridgehead atoms. The number of rotatable bonds is 4. The number of carbonyl (C=O) groups excluding carboxylic acids is 2. The molecule has 0 aliphatic rings. The van der Waals surface area contributed by atoms with Gasteiger partial charge in [0.1, 0.15) is 0 Å². The summed E-state index contributed by atoms with van der Waals surface area (Å²) in [5, 5.41) is 0. The molecule has 0 aliphatic carbocycles. The van der Waals surface area contributed by atoms with Crippen LogP contribution in [0.4, 0.5) is 9.59 Å². The van der Waals surface area contributed by atoms with Gasteiger partial charge in [-0.2, -0.15) is 0 Å². The van der Waals surface area contributed by atoms with E-state index in [4.69, 9.17) is 0 Å². The van der Waals surface area contributed by atoms with Crippen LogP contribution in [0.1, 0.15) is 52.7 Å². The Labute approximate surface area is 188 Å². The van der Waals surface area contributed by atoms with Crippen molar-refractivity contribution in [2.75, 3.05) is 27.4 Å². The van der Waals surface area contributed by atoms with Crippen LogP contribution in [0.2, 0.25) is 0 Å². The Morgan fingerprint density at radius 2 is 0.903 bits per heavy atom. The van der Waals surface area contributed by atoms with E-state index < -0.39 is 12.3 Å². The highest BCUT2D eigenvalue weighted by Gasteiger charge is 1.94. The molecule has 31 heavy (non-hydrogen) atoms. The van der Waals surface area contributed by atoms with Gasteiger partial charge in [-0.1, -0.05) is 88.4 Å². The first kappa shape index (κ1) is 32.6. The van der Waals surface area contributed by atoms with Gasteiger partial charge in [-0.05, 0) is 31.4 Å². The van der Waals surface area contributed by atoms with Crippen molar-refractivity contribution in [3.05, 3.63) is 71.8 Å². The molecule has 2 aromatic carbocycles. The molecule has 0 fully saturated rings. The Morgan fingerprint density at radius 1 is 0.613 bits per heavy atom. The molecule has 0 amide bonds. The van der Waals surface area contributed by atoms with Gasteiger partial charge in [-0.3, -0.25) is 0 Å². The van der Waals surface area contributed by atoms with Crippen molar-refractivity contribution in [1.29, 1.82) is 0 Å². The van der Waals surface area contributed by atoms with Crippen molar-refractivity contribution < 1.29 is 28.5 Å². The average Bonchev–Trinajstić information content (AvgIpc) is 2.84. The van der Waals surface area contributed by atoms with Gasteiger partial charge in [0.25, 0.3) is 0 Å². The number of ether oxygens (including phenoxy) is 4. The highest BCUT2D eigenvalue weighted by atomic mass is 16.7. The van der Waals surface area contributed by atoms with Gasteiger partial charge in [0.15, 0.2) is 0 Å². The highest BCUT2D eigenvalue weighted by molar-refractivity contribution is 5.59. The molecule has 0 heterocycles. The molecule has 176 valence electrons. The van der Waals surface area contributed by atoms with E-state index in [0.29, 0.717) is 13.2 Å². The van der Waals surface area contributed by atoms with Gasteiger partial charge in [-0.15, -0.1) is 0 Å².